The van der Waals surface area contributed by atoms with Gasteiger partial charge in [-0.3, -0.25) is 29.6 Å². The molecule has 17 nitrogen and oxygen atoms in total. The number of methoxy groups -OCH3 is 1. The lowest BCUT2D eigenvalue weighted by molar-refractivity contribution is -0.386. The molecule has 1 aliphatic carbocycles. The van der Waals surface area contributed by atoms with Crippen molar-refractivity contribution in [1.82, 2.24) is 29.4 Å². The van der Waals surface area contributed by atoms with Crippen LogP contribution >= 0.6 is 0 Å². The van der Waals surface area contributed by atoms with Gasteiger partial charge < -0.3 is 28.8 Å². The minimum atomic E-state index is -4.69. The number of benzene rings is 4. The van der Waals surface area contributed by atoms with Gasteiger partial charge in [-0.25, -0.2) is 22.5 Å². The number of piperazine rings is 1. The zero-order chi connectivity index (χ0) is 54.9. The summed E-state index contributed by atoms with van der Waals surface area (Å²) in [5.74, 6) is 0.443. The van der Waals surface area contributed by atoms with Crippen LogP contribution in [0.2, 0.25) is 0 Å². The van der Waals surface area contributed by atoms with E-state index in [0.717, 1.165) is 113 Å². The largest absolute Gasteiger partial charge is 0.497 e. The van der Waals surface area contributed by atoms with Gasteiger partial charge in [0.1, 0.15) is 35.2 Å². The van der Waals surface area contributed by atoms with Gasteiger partial charge in [0.25, 0.3) is 15.9 Å². The van der Waals surface area contributed by atoms with Crippen LogP contribution in [0.15, 0.2) is 114 Å². The van der Waals surface area contributed by atoms with Crippen molar-refractivity contribution < 1.29 is 41.5 Å². The molecule has 2 aromatic heterocycles. The van der Waals surface area contributed by atoms with Gasteiger partial charge in [-0.05, 0) is 128 Å². The number of hydrogen-bond donors (Lipinski definition) is 2. The number of ether oxygens (including phenoxy) is 4. The number of nitro groups is 1. The molecule has 5 aliphatic rings. The van der Waals surface area contributed by atoms with E-state index in [1.807, 2.05) is 18.2 Å². The summed E-state index contributed by atoms with van der Waals surface area (Å²) in [4.78, 5) is 42.7. The highest BCUT2D eigenvalue weighted by Gasteiger charge is 2.50. The first kappa shape index (κ1) is 54.3. The Hall–Kier alpha value is -6.64. The van der Waals surface area contributed by atoms with Crippen LogP contribution < -0.4 is 23.8 Å². The number of H-pyrrole nitrogens is 1. The number of aromatic amines is 1. The van der Waals surface area contributed by atoms with Gasteiger partial charge >= 0.3 is 5.69 Å². The lowest BCUT2D eigenvalue weighted by Crippen LogP contribution is -2.60. The van der Waals surface area contributed by atoms with E-state index in [0.29, 0.717) is 55.7 Å². The maximum absolute atomic E-state index is 16.0. The number of halogens is 1. The van der Waals surface area contributed by atoms with Crippen molar-refractivity contribution in [2.75, 3.05) is 77.6 Å². The fraction of sp³-hybridized carbons (Fsp3) is 0.467. The number of piperidine rings is 2. The van der Waals surface area contributed by atoms with Gasteiger partial charge in [0.2, 0.25) is 0 Å². The fourth-order valence-electron chi connectivity index (χ4n) is 12.8. The highest BCUT2D eigenvalue weighted by atomic mass is 32.2. The summed E-state index contributed by atoms with van der Waals surface area (Å²) in [6.07, 6.45) is 9.72. The number of nitrogens with one attached hydrogen (secondary N) is 2. The Kier molecular flexibility index (Phi) is 15.7. The normalized spacial score (nSPS) is 20.5. The molecule has 4 aliphatic heterocycles. The molecule has 1 amide bonds. The lowest BCUT2D eigenvalue weighted by Gasteiger charge is -2.58. The Bertz CT molecular complexity index is 3260. The van der Waals surface area contributed by atoms with E-state index in [-0.39, 0.29) is 41.4 Å². The summed E-state index contributed by atoms with van der Waals surface area (Å²) < 4.78 is 69.0. The molecule has 418 valence electrons. The number of fused-ring (bicyclic) bond motifs is 1. The van der Waals surface area contributed by atoms with E-state index < -0.39 is 43.7 Å². The van der Waals surface area contributed by atoms with Gasteiger partial charge in [0, 0.05) is 113 Å². The van der Waals surface area contributed by atoms with E-state index in [1.165, 1.54) is 22.9 Å². The molecule has 2 N–H and O–H groups in total. The number of rotatable bonds is 17. The zero-order valence-electron chi connectivity index (χ0n) is 45.3. The van der Waals surface area contributed by atoms with Crippen molar-refractivity contribution in [3.8, 4) is 23.0 Å². The van der Waals surface area contributed by atoms with Crippen molar-refractivity contribution in [2.24, 2.45) is 5.41 Å². The Labute approximate surface area is 461 Å². The monoisotopic (exact) mass is 1100 g/mol. The van der Waals surface area contributed by atoms with Crippen molar-refractivity contribution >= 4 is 38.3 Å². The van der Waals surface area contributed by atoms with Crippen LogP contribution in [0.4, 0.5) is 15.8 Å². The quantitative estimate of drug-likeness (QED) is 0.0649. The van der Waals surface area contributed by atoms with Crippen LogP contribution in [0, 0.1) is 15.5 Å². The van der Waals surface area contributed by atoms with Gasteiger partial charge in [-0.2, -0.15) is 0 Å². The molecule has 11 rings (SSSR count). The van der Waals surface area contributed by atoms with E-state index in [2.05, 4.69) is 84.5 Å². The van der Waals surface area contributed by atoms with Crippen LogP contribution in [0.3, 0.4) is 0 Å². The second-order valence-electron chi connectivity index (χ2n) is 22.7. The van der Waals surface area contributed by atoms with Crippen molar-refractivity contribution in [1.29, 1.82) is 0 Å². The minimum absolute atomic E-state index is 0.0694. The number of likely N-dealkylation sites (tertiary alicyclic amines) is 1. The van der Waals surface area contributed by atoms with Crippen molar-refractivity contribution in [3.63, 3.8) is 0 Å². The molecule has 19 heteroatoms. The third-order valence-electron chi connectivity index (χ3n) is 17.4. The molecule has 5 fully saturated rings. The number of pyridine rings is 1. The maximum Gasteiger partial charge on any atom is 0.312 e. The second-order valence-corrected chi connectivity index (χ2v) is 24.4. The van der Waals surface area contributed by atoms with E-state index in [4.69, 9.17) is 18.9 Å². The van der Waals surface area contributed by atoms with E-state index >= 15 is 4.39 Å². The minimum Gasteiger partial charge on any atom is -0.497 e. The zero-order valence-corrected chi connectivity index (χ0v) is 46.1. The van der Waals surface area contributed by atoms with Crippen LogP contribution in [-0.2, 0) is 21.3 Å². The number of sulfonamides is 1. The third kappa shape index (κ3) is 12.0. The fourth-order valence-corrected chi connectivity index (χ4v) is 13.8. The predicted molar refractivity (Wildman–Crippen MR) is 299 cm³/mol. The van der Waals surface area contributed by atoms with Crippen LogP contribution in [-0.4, -0.2) is 134 Å². The van der Waals surface area contributed by atoms with Crippen molar-refractivity contribution in [2.45, 2.75) is 106 Å². The number of nitro benzene ring substituents is 1. The van der Waals surface area contributed by atoms with Crippen LogP contribution in [0.25, 0.3) is 11.0 Å². The molecule has 4 saturated heterocycles. The molecule has 1 saturated carbocycles. The molecule has 6 aromatic rings. The SMILES string of the molecule is COc1ccc(CN2CCN(C3CC4(CCN(c5ccc(C(=O)NS(=O)(=O)c6ccc(OCC7(F)CCN(C8CCOCC8)CC7)c([N+](=O)[O-])c6)c(Oc6cnc7[nH]ccc7c6)c5)CC4)C3)[C@H](c3ccccc3C(C)C)C2)cc1. The lowest BCUT2D eigenvalue weighted by atomic mass is 9.59. The molecule has 0 unspecified atom stereocenters. The number of alkyl halides is 1. The molecule has 1 atom stereocenters. The summed E-state index contributed by atoms with van der Waals surface area (Å²) in [5.41, 5.74) is 3.34. The number of anilines is 1. The second kappa shape index (κ2) is 22.8. The molecular formula is C60H71FN8O9S. The molecule has 6 heterocycles. The number of amides is 1. The number of hydrogen-bond acceptors (Lipinski definition) is 14. The first-order valence-corrected chi connectivity index (χ1v) is 29.3. The average Bonchev–Trinajstić information content (AvgIpc) is 4.08. The summed E-state index contributed by atoms with van der Waals surface area (Å²) in [5, 5.41) is 13.1. The maximum atomic E-state index is 16.0. The average molecular weight is 1100 g/mol. The standard InChI is InChI=1S/C60H71FN8O9S/c1-41(2)50-6-4-5-7-51(50)54-39-65(38-42-8-11-47(75-3)12-9-42)28-29-68(54)46-35-59(36-46)19-24-67(25-20-59)45-10-14-52(56(33-45)78-48-32-43-16-23-62-57(43)63-37-48)58(70)64-79(73,74)49-13-15-55(53(34-49)69(71)72)77-40-60(61)21-26-66(27-22-60)44-17-30-76-31-18-44/h4-16,23,32-34,37,41,44,46,54H,17-22,24-31,35-36,38-40H2,1-3H3,(H,62,63)(H,64,70)/t54-/m0/s1. The first-order valence-electron chi connectivity index (χ1n) is 27.8. The van der Waals surface area contributed by atoms with Gasteiger partial charge in [0.15, 0.2) is 5.75 Å². The van der Waals surface area contributed by atoms with Crippen molar-refractivity contribution in [3.05, 3.63) is 142 Å². The molecule has 0 radical (unpaired) electrons. The summed E-state index contributed by atoms with van der Waals surface area (Å²) in [6, 6.07) is 30.3. The van der Waals surface area contributed by atoms with Crippen LogP contribution in [0.1, 0.15) is 104 Å². The van der Waals surface area contributed by atoms with E-state index in [1.54, 1.807) is 37.6 Å². The number of nitrogens with zero attached hydrogens (tertiary/aromatic N) is 6. The molecule has 4 aromatic carbocycles. The van der Waals surface area contributed by atoms with E-state index in [9.17, 15) is 23.3 Å². The van der Waals surface area contributed by atoms with Gasteiger partial charge in [-0.15, -0.1) is 0 Å². The molecule has 1 spiro atoms. The Balaban J connectivity index is 0.764. The summed E-state index contributed by atoms with van der Waals surface area (Å²) >= 11 is 0. The Morgan fingerprint density at radius 2 is 1.65 bits per heavy atom. The van der Waals surface area contributed by atoms with Gasteiger partial charge in [-0.1, -0.05) is 50.2 Å². The summed E-state index contributed by atoms with van der Waals surface area (Å²) in [6.45, 7) is 12.0. The summed E-state index contributed by atoms with van der Waals surface area (Å²) in [7, 11) is -2.99. The number of aromatic nitrogens is 2. The predicted octanol–water partition coefficient (Wildman–Crippen LogP) is 10.2. The number of carbonyl (C=O) groups is 1. The highest BCUT2D eigenvalue weighted by molar-refractivity contribution is 7.90. The first-order chi connectivity index (χ1) is 38.1. The molecule has 79 heavy (non-hydrogen) atoms. The number of carbonyl (C=O) groups excluding carboxylic acids is 1. The third-order valence-corrected chi connectivity index (χ3v) is 18.7. The molecular weight excluding hydrogens is 1030 g/mol. The molecule has 0 bridgehead atoms. The van der Waals surface area contributed by atoms with Crippen LogP contribution in [0.5, 0.6) is 23.0 Å². The Morgan fingerprint density at radius 3 is 2.38 bits per heavy atom. The smallest absolute Gasteiger partial charge is 0.312 e. The topological polar surface area (TPSA) is 185 Å². The van der Waals surface area contributed by atoms with Gasteiger partial charge in [0.05, 0.1) is 28.7 Å². The Morgan fingerprint density at radius 1 is 0.886 bits per heavy atom. The highest BCUT2D eigenvalue weighted by Crippen LogP contribution is 2.53.